The summed E-state index contributed by atoms with van der Waals surface area (Å²) in [5.41, 5.74) is 1.83. The fraction of sp³-hybridized carbons (Fsp3) is 0.375. The molecule has 5 heteroatoms. The molecule has 0 atom stereocenters. The molecule has 0 spiro atoms. The van der Waals surface area contributed by atoms with Crippen LogP contribution in [0, 0.1) is 12.7 Å². The zero-order valence-electron chi connectivity index (χ0n) is 12.8. The van der Waals surface area contributed by atoms with E-state index in [1.807, 2.05) is 6.92 Å². The maximum Gasteiger partial charge on any atom is 0.322 e. The van der Waals surface area contributed by atoms with Crippen molar-refractivity contribution in [1.82, 2.24) is 15.3 Å². The fourth-order valence-electron chi connectivity index (χ4n) is 1.68. The third-order valence-corrected chi connectivity index (χ3v) is 2.91. The number of nitrogens with zero attached hydrogens (tertiary/aromatic N) is 2. The Bertz CT molecular complexity index is 623. The summed E-state index contributed by atoms with van der Waals surface area (Å²) in [4.78, 5) is 8.41. The van der Waals surface area contributed by atoms with Gasteiger partial charge in [0.15, 0.2) is 11.6 Å². The van der Waals surface area contributed by atoms with Crippen molar-refractivity contribution >= 4 is 0 Å². The van der Waals surface area contributed by atoms with Gasteiger partial charge >= 0.3 is 6.01 Å². The van der Waals surface area contributed by atoms with E-state index >= 15 is 0 Å². The van der Waals surface area contributed by atoms with Crippen LogP contribution >= 0.6 is 0 Å². The Morgan fingerprint density at radius 2 is 1.95 bits per heavy atom. The number of para-hydroxylation sites is 1. The molecule has 0 saturated carbocycles. The van der Waals surface area contributed by atoms with Gasteiger partial charge in [-0.15, -0.1) is 0 Å². The molecule has 2 aromatic rings. The molecule has 0 aliphatic rings. The lowest BCUT2D eigenvalue weighted by Gasteiger charge is -2.20. The lowest BCUT2D eigenvalue weighted by molar-refractivity contribution is 0.405. The number of aryl methyl sites for hydroxylation is 1. The Kier molecular flexibility index (Phi) is 4.53. The van der Waals surface area contributed by atoms with Crippen LogP contribution in [0.2, 0.25) is 0 Å². The topological polar surface area (TPSA) is 47.0 Å². The SMILES string of the molecule is Cc1nc(Oc2ccccc2F)ncc1CNC(C)(C)C. The van der Waals surface area contributed by atoms with Gasteiger partial charge in [0.05, 0.1) is 0 Å². The van der Waals surface area contributed by atoms with E-state index in [1.54, 1.807) is 24.4 Å². The highest BCUT2D eigenvalue weighted by atomic mass is 19.1. The molecule has 0 radical (unpaired) electrons. The van der Waals surface area contributed by atoms with Gasteiger partial charge < -0.3 is 10.1 Å². The maximum absolute atomic E-state index is 13.5. The summed E-state index contributed by atoms with van der Waals surface area (Å²) in [6.45, 7) is 8.85. The van der Waals surface area contributed by atoms with Crippen LogP contribution in [0.1, 0.15) is 32.0 Å². The van der Waals surface area contributed by atoms with Gasteiger partial charge in [-0.05, 0) is 39.8 Å². The van der Waals surface area contributed by atoms with Crippen LogP contribution < -0.4 is 10.1 Å². The van der Waals surface area contributed by atoms with Crippen molar-refractivity contribution in [2.75, 3.05) is 0 Å². The lowest BCUT2D eigenvalue weighted by Crippen LogP contribution is -2.35. The average molecular weight is 289 g/mol. The highest BCUT2D eigenvalue weighted by molar-refractivity contribution is 5.27. The molecule has 112 valence electrons. The normalized spacial score (nSPS) is 11.5. The molecule has 0 aliphatic heterocycles. The summed E-state index contributed by atoms with van der Waals surface area (Å²) in [5.74, 6) is -0.310. The van der Waals surface area contributed by atoms with E-state index in [1.165, 1.54) is 6.07 Å². The molecule has 0 saturated heterocycles. The molecular formula is C16H20FN3O. The summed E-state index contributed by atoms with van der Waals surface area (Å²) < 4.78 is 18.9. The van der Waals surface area contributed by atoms with E-state index in [-0.39, 0.29) is 17.3 Å². The number of halogens is 1. The average Bonchev–Trinajstić information content (AvgIpc) is 2.39. The van der Waals surface area contributed by atoms with E-state index in [0.29, 0.717) is 6.54 Å². The molecular weight excluding hydrogens is 269 g/mol. The first-order valence-electron chi connectivity index (χ1n) is 6.85. The molecule has 4 nitrogen and oxygen atoms in total. The molecule has 1 aromatic heterocycles. The third-order valence-electron chi connectivity index (χ3n) is 2.91. The van der Waals surface area contributed by atoms with E-state index in [2.05, 4.69) is 36.1 Å². The highest BCUT2D eigenvalue weighted by Gasteiger charge is 2.12. The van der Waals surface area contributed by atoms with E-state index in [4.69, 9.17) is 4.74 Å². The highest BCUT2D eigenvalue weighted by Crippen LogP contribution is 2.21. The van der Waals surface area contributed by atoms with Crippen LogP contribution in [0.15, 0.2) is 30.5 Å². The summed E-state index contributed by atoms with van der Waals surface area (Å²) in [7, 11) is 0. The standard InChI is InChI=1S/C16H20FN3O/c1-11-12(10-19-16(2,3)4)9-18-15(20-11)21-14-8-6-5-7-13(14)17/h5-9,19H,10H2,1-4H3. The van der Waals surface area contributed by atoms with Gasteiger partial charge in [-0.3, -0.25) is 0 Å². The Morgan fingerprint density at radius 1 is 1.24 bits per heavy atom. The molecule has 1 N–H and O–H groups in total. The van der Waals surface area contributed by atoms with Crippen molar-refractivity contribution in [3.05, 3.63) is 47.5 Å². The first kappa shape index (κ1) is 15.4. The summed E-state index contributed by atoms with van der Waals surface area (Å²) >= 11 is 0. The van der Waals surface area contributed by atoms with Gasteiger partial charge in [-0.25, -0.2) is 9.37 Å². The van der Waals surface area contributed by atoms with Crippen molar-refractivity contribution in [2.24, 2.45) is 0 Å². The Hall–Kier alpha value is -2.01. The predicted molar refractivity (Wildman–Crippen MR) is 79.8 cm³/mol. The molecule has 0 unspecified atom stereocenters. The Morgan fingerprint density at radius 3 is 2.57 bits per heavy atom. The minimum Gasteiger partial charge on any atom is -0.421 e. The molecule has 1 aromatic carbocycles. The van der Waals surface area contributed by atoms with Crippen LogP contribution in [0.5, 0.6) is 11.8 Å². The molecule has 0 fully saturated rings. The van der Waals surface area contributed by atoms with Crippen molar-refractivity contribution in [3.63, 3.8) is 0 Å². The third kappa shape index (κ3) is 4.49. The van der Waals surface area contributed by atoms with Crippen LogP contribution in [-0.4, -0.2) is 15.5 Å². The Labute approximate surface area is 124 Å². The van der Waals surface area contributed by atoms with E-state index in [0.717, 1.165) is 11.3 Å². The minimum absolute atomic E-state index is 0.0226. The van der Waals surface area contributed by atoms with Gasteiger partial charge in [-0.1, -0.05) is 12.1 Å². The second kappa shape index (κ2) is 6.18. The van der Waals surface area contributed by atoms with Crippen LogP contribution in [0.4, 0.5) is 4.39 Å². The number of hydrogen-bond donors (Lipinski definition) is 1. The minimum atomic E-state index is -0.433. The maximum atomic E-state index is 13.5. The van der Waals surface area contributed by atoms with Gasteiger partial charge in [0.2, 0.25) is 0 Å². The van der Waals surface area contributed by atoms with Crippen LogP contribution in [-0.2, 0) is 6.54 Å². The van der Waals surface area contributed by atoms with Crippen molar-refractivity contribution in [2.45, 2.75) is 39.8 Å². The fourth-order valence-corrected chi connectivity index (χ4v) is 1.68. The monoisotopic (exact) mass is 289 g/mol. The number of nitrogens with one attached hydrogen (secondary N) is 1. The lowest BCUT2D eigenvalue weighted by atomic mass is 10.1. The first-order chi connectivity index (χ1) is 9.85. The molecule has 2 rings (SSSR count). The second-order valence-electron chi connectivity index (χ2n) is 5.90. The van der Waals surface area contributed by atoms with Gasteiger partial charge in [-0.2, -0.15) is 4.98 Å². The number of rotatable bonds is 4. The van der Waals surface area contributed by atoms with Crippen molar-refractivity contribution in [3.8, 4) is 11.8 Å². The van der Waals surface area contributed by atoms with Crippen molar-refractivity contribution < 1.29 is 9.13 Å². The van der Waals surface area contributed by atoms with E-state index in [9.17, 15) is 4.39 Å². The number of aromatic nitrogens is 2. The molecule has 21 heavy (non-hydrogen) atoms. The zero-order valence-corrected chi connectivity index (χ0v) is 12.8. The summed E-state index contributed by atoms with van der Waals surface area (Å²) in [6.07, 6.45) is 1.71. The number of ether oxygens (including phenoxy) is 1. The quantitative estimate of drug-likeness (QED) is 0.934. The number of benzene rings is 1. The Balaban J connectivity index is 2.10. The second-order valence-corrected chi connectivity index (χ2v) is 5.90. The van der Waals surface area contributed by atoms with Gasteiger partial charge in [0, 0.05) is 29.5 Å². The van der Waals surface area contributed by atoms with Gasteiger partial charge in [0.1, 0.15) is 0 Å². The van der Waals surface area contributed by atoms with E-state index < -0.39 is 5.82 Å². The first-order valence-corrected chi connectivity index (χ1v) is 6.85. The summed E-state index contributed by atoms with van der Waals surface area (Å²) in [5, 5.41) is 3.38. The smallest absolute Gasteiger partial charge is 0.322 e. The molecule has 0 aliphatic carbocycles. The largest absolute Gasteiger partial charge is 0.421 e. The van der Waals surface area contributed by atoms with Crippen LogP contribution in [0.3, 0.4) is 0 Å². The molecule has 1 heterocycles. The van der Waals surface area contributed by atoms with Crippen LogP contribution in [0.25, 0.3) is 0 Å². The zero-order chi connectivity index (χ0) is 15.5. The summed E-state index contributed by atoms with van der Waals surface area (Å²) in [6, 6.07) is 6.34. The number of hydrogen-bond acceptors (Lipinski definition) is 4. The van der Waals surface area contributed by atoms with Crippen molar-refractivity contribution in [1.29, 1.82) is 0 Å². The van der Waals surface area contributed by atoms with Gasteiger partial charge in [0.25, 0.3) is 0 Å². The molecule has 0 amide bonds. The molecule has 0 bridgehead atoms. The predicted octanol–water partition coefficient (Wildman–Crippen LogP) is 3.60.